The third-order valence-electron chi connectivity index (χ3n) is 4.43. The van der Waals surface area contributed by atoms with Crippen molar-refractivity contribution in [3.63, 3.8) is 0 Å². The Balaban J connectivity index is 1.85. The van der Waals surface area contributed by atoms with Crippen LogP contribution in [0, 0.1) is 0 Å². The molecule has 130 valence electrons. The molecule has 3 rings (SSSR count). The van der Waals surface area contributed by atoms with Gasteiger partial charge in [0.25, 0.3) is 5.91 Å². The maximum Gasteiger partial charge on any atom is 0.324 e. The lowest BCUT2D eigenvalue weighted by Crippen LogP contribution is -2.64. The van der Waals surface area contributed by atoms with Gasteiger partial charge >= 0.3 is 6.03 Å². The quantitative estimate of drug-likeness (QED) is 0.855. The number of rotatable bonds is 5. The fourth-order valence-electron chi connectivity index (χ4n) is 3.31. The Morgan fingerprint density at radius 1 is 1.21 bits per heavy atom. The molecule has 2 atom stereocenters. The second-order valence-corrected chi connectivity index (χ2v) is 8.17. The number of carbonyl (C=O) groups excluding carboxylic acids is 2. The maximum absolute atomic E-state index is 12.8. The molecule has 0 aromatic heterocycles. The number of urea groups is 1. The van der Waals surface area contributed by atoms with Gasteiger partial charge in [-0.1, -0.05) is 37.3 Å². The van der Waals surface area contributed by atoms with Gasteiger partial charge in [-0.05, 0) is 18.4 Å². The predicted molar refractivity (Wildman–Crippen MR) is 88.5 cm³/mol. The third kappa shape index (κ3) is 3.03. The molecule has 2 fully saturated rings. The number of amides is 3. The Bertz CT molecular complexity index is 735. The molecule has 1 aromatic rings. The highest BCUT2D eigenvalue weighted by Gasteiger charge is 2.51. The molecule has 8 heteroatoms. The standard InChI is InChI=1S/C16H21N3O4S/c1-2-10-24(22,23)19-9-8-13-14(19)15(20)18(16(21)17-13)11-12-6-4-3-5-7-12/h3-7,13-14H,2,8-11H2,1H3,(H,17,21)/t13-,14-/m0/s1. The summed E-state index contributed by atoms with van der Waals surface area (Å²) in [4.78, 5) is 26.2. The summed E-state index contributed by atoms with van der Waals surface area (Å²) in [5, 5.41) is 2.78. The highest BCUT2D eigenvalue weighted by atomic mass is 32.2. The summed E-state index contributed by atoms with van der Waals surface area (Å²) < 4.78 is 26.1. The molecule has 0 radical (unpaired) electrons. The molecule has 2 heterocycles. The van der Waals surface area contributed by atoms with Crippen LogP contribution < -0.4 is 5.32 Å². The minimum atomic E-state index is -3.49. The van der Waals surface area contributed by atoms with Crippen LogP contribution in [-0.4, -0.2) is 53.9 Å². The second kappa shape index (κ2) is 6.52. The summed E-state index contributed by atoms with van der Waals surface area (Å²) in [6.07, 6.45) is 0.953. The van der Waals surface area contributed by atoms with E-state index in [1.54, 1.807) is 6.92 Å². The number of benzene rings is 1. The van der Waals surface area contributed by atoms with Crippen molar-refractivity contribution in [3.05, 3.63) is 35.9 Å². The van der Waals surface area contributed by atoms with E-state index in [1.807, 2.05) is 30.3 Å². The molecule has 2 aliphatic rings. The van der Waals surface area contributed by atoms with Crippen molar-refractivity contribution in [2.75, 3.05) is 12.3 Å². The number of hydrogen-bond acceptors (Lipinski definition) is 4. The smallest absolute Gasteiger partial charge is 0.324 e. The van der Waals surface area contributed by atoms with E-state index in [9.17, 15) is 18.0 Å². The molecule has 0 unspecified atom stereocenters. The van der Waals surface area contributed by atoms with Crippen molar-refractivity contribution < 1.29 is 18.0 Å². The molecule has 24 heavy (non-hydrogen) atoms. The van der Waals surface area contributed by atoms with Crippen LogP contribution in [0.3, 0.4) is 0 Å². The molecule has 0 spiro atoms. The van der Waals surface area contributed by atoms with Gasteiger partial charge in [-0.15, -0.1) is 0 Å². The number of sulfonamides is 1. The molecule has 2 saturated heterocycles. The predicted octanol–water partition coefficient (Wildman–Crippen LogP) is 0.921. The van der Waals surface area contributed by atoms with E-state index in [-0.39, 0.29) is 18.8 Å². The zero-order valence-corrected chi connectivity index (χ0v) is 14.3. The third-order valence-corrected chi connectivity index (χ3v) is 6.48. The maximum atomic E-state index is 12.8. The summed E-state index contributed by atoms with van der Waals surface area (Å²) in [7, 11) is -3.49. The second-order valence-electron chi connectivity index (χ2n) is 6.13. The van der Waals surface area contributed by atoms with Crippen LogP contribution in [0.4, 0.5) is 4.79 Å². The zero-order valence-electron chi connectivity index (χ0n) is 13.5. The first-order chi connectivity index (χ1) is 11.4. The van der Waals surface area contributed by atoms with Gasteiger partial charge in [0, 0.05) is 6.54 Å². The van der Waals surface area contributed by atoms with E-state index in [2.05, 4.69) is 5.32 Å². The van der Waals surface area contributed by atoms with E-state index in [0.29, 0.717) is 12.8 Å². The van der Waals surface area contributed by atoms with Gasteiger partial charge in [-0.25, -0.2) is 13.2 Å². The van der Waals surface area contributed by atoms with Gasteiger partial charge in [-0.3, -0.25) is 9.69 Å². The van der Waals surface area contributed by atoms with Crippen LogP contribution in [0.15, 0.2) is 30.3 Å². The first kappa shape index (κ1) is 16.9. The van der Waals surface area contributed by atoms with Crippen LogP contribution in [0.1, 0.15) is 25.3 Å². The molecule has 1 N–H and O–H groups in total. The summed E-state index contributed by atoms with van der Waals surface area (Å²) in [5.41, 5.74) is 0.820. The largest absolute Gasteiger partial charge is 0.333 e. The van der Waals surface area contributed by atoms with Crippen molar-refractivity contribution in [2.24, 2.45) is 0 Å². The van der Waals surface area contributed by atoms with E-state index in [4.69, 9.17) is 0 Å². The lowest BCUT2D eigenvalue weighted by Gasteiger charge is -2.36. The van der Waals surface area contributed by atoms with Crippen LogP contribution in [-0.2, 0) is 21.4 Å². The summed E-state index contributed by atoms with van der Waals surface area (Å²) in [6, 6.07) is 7.44. The van der Waals surface area contributed by atoms with Crippen molar-refractivity contribution in [1.29, 1.82) is 0 Å². The van der Waals surface area contributed by atoms with E-state index in [1.165, 1.54) is 4.31 Å². The minimum absolute atomic E-state index is 0.0101. The van der Waals surface area contributed by atoms with Crippen LogP contribution in [0.5, 0.6) is 0 Å². The van der Waals surface area contributed by atoms with E-state index in [0.717, 1.165) is 10.5 Å². The van der Waals surface area contributed by atoms with Gasteiger partial charge in [-0.2, -0.15) is 4.31 Å². The van der Waals surface area contributed by atoms with Crippen molar-refractivity contribution >= 4 is 22.0 Å². The molecule has 1 aromatic carbocycles. The van der Waals surface area contributed by atoms with Crippen LogP contribution in [0.2, 0.25) is 0 Å². The van der Waals surface area contributed by atoms with E-state index >= 15 is 0 Å². The Kier molecular flexibility index (Phi) is 4.60. The summed E-state index contributed by atoms with van der Waals surface area (Å²) >= 11 is 0. The Labute approximate surface area is 141 Å². The SMILES string of the molecule is CCCS(=O)(=O)N1CC[C@@H]2NC(=O)N(Cc3ccccc3)C(=O)[C@H]21. The molecule has 0 bridgehead atoms. The fourth-order valence-corrected chi connectivity index (χ4v) is 5.03. The summed E-state index contributed by atoms with van der Waals surface area (Å²) in [6.45, 7) is 2.19. The van der Waals surface area contributed by atoms with E-state index < -0.39 is 34.0 Å². The van der Waals surface area contributed by atoms with Gasteiger partial charge in [0.1, 0.15) is 6.04 Å². The molecular weight excluding hydrogens is 330 g/mol. The fraction of sp³-hybridized carbons (Fsp3) is 0.500. The van der Waals surface area contributed by atoms with Gasteiger partial charge in [0.15, 0.2) is 0 Å². The first-order valence-electron chi connectivity index (χ1n) is 8.09. The number of hydrogen-bond donors (Lipinski definition) is 1. The molecule has 3 amide bonds. The molecule has 7 nitrogen and oxygen atoms in total. The topological polar surface area (TPSA) is 86.8 Å². The highest BCUT2D eigenvalue weighted by molar-refractivity contribution is 7.89. The average Bonchev–Trinajstić information content (AvgIpc) is 2.97. The lowest BCUT2D eigenvalue weighted by molar-refractivity contribution is -0.134. The molecule has 0 aliphatic carbocycles. The number of carbonyl (C=O) groups is 2. The number of fused-ring (bicyclic) bond motifs is 1. The summed E-state index contributed by atoms with van der Waals surface area (Å²) in [5.74, 6) is -0.430. The Morgan fingerprint density at radius 2 is 1.92 bits per heavy atom. The Morgan fingerprint density at radius 3 is 2.58 bits per heavy atom. The number of nitrogens with one attached hydrogen (secondary N) is 1. The number of imide groups is 1. The van der Waals surface area contributed by atoms with Gasteiger partial charge in [0.05, 0.1) is 18.3 Å². The van der Waals surface area contributed by atoms with Crippen molar-refractivity contribution in [3.8, 4) is 0 Å². The van der Waals surface area contributed by atoms with Gasteiger partial charge in [0.2, 0.25) is 10.0 Å². The highest BCUT2D eigenvalue weighted by Crippen LogP contribution is 2.28. The van der Waals surface area contributed by atoms with Crippen LogP contribution in [0.25, 0.3) is 0 Å². The monoisotopic (exact) mass is 351 g/mol. The average molecular weight is 351 g/mol. The lowest BCUT2D eigenvalue weighted by atomic mass is 10.1. The normalized spacial score (nSPS) is 24.8. The number of nitrogens with zero attached hydrogens (tertiary/aromatic N) is 2. The minimum Gasteiger partial charge on any atom is -0.333 e. The van der Waals surface area contributed by atoms with Crippen molar-refractivity contribution in [2.45, 2.75) is 38.4 Å². The zero-order chi connectivity index (χ0) is 17.3. The first-order valence-corrected chi connectivity index (χ1v) is 9.70. The molecule has 0 saturated carbocycles. The van der Waals surface area contributed by atoms with Crippen molar-refractivity contribution in [1.82, 2.24) is 14.5 Å². The van der Waals surface area contributed by atoms with Crippen LogP contribution >= 0.6 is 0 Å². The Hall–Kier alpha value is -1.93. The molecular formula is C16H21N3O4S. The molecule has 2 aliphatic heterocycles. The van der Waals surface area contributed by atoms with Gasteiger partial charge < -0.3 is 5.32 Å².